The number of aromatic nitrogens is 2. The molecule has 2 rings (SSSR count). The largest absolute Gasteiger partial charge is 0.444 e. The van der Waals surface area contributed by atoms with Crippen molar-refractivity contribution in [2.75, 3.05) is 13.1 Å². The van der Waals surface area contributed by atoms with E-state index in [4.69, 9.17) is 4.74 Å². The number of nitrogens with one attached hydrogen (secondary N) is 1. The summed E-state index contributed by atoms with van der Waals surface area (Å²) in [5, 5.41) is 7.82. The zero-order valence-electron chi connectivity index (χ0n) is 14.3. The number of carbonyl (C=O) groups is 1. The van der Waals surface area contributed by atoms with Crippen LogP contribution in [-0.2, 0) is 18.3 Å². The zero-order valence-corrected chi connectivity index (χ0v) is 14.3. The van der Waals surface area contributed by atoms with Crippen LogP contribution in [0, 0.1) is 6.92 Å². The van der Waals surface area contributed by atoms with Gasteiger partial charge in [0.2, 0.25) is 0 Å². The lowest BCUT2D eigenvalue weighted by Gasteiger charge is -2.33. The lowest BCUT2D eigenvalue weighted by Crippen LogP contribution is -2.46. The lowest BCUT2D eigenvalue weighted by atomic mass is 10.0. The van der Waals surface area contributed by atoms with E-state index in [9.17, 15) is 4.79 Å². The molecule has 1 aliphatic rings. The van der Waals surface area contributed by atoms with Gasteiger partial charge in [0.1, 0.15) is 5.60 Å². The minimum Gasteiger partial charge on any atom is -0.444 e. The summed E-state index contributed by atoms with van der Waals surface area (Å²) in [6.07, 6.45) is 3.63. The molecule has 1 aromatic heterocycles. The first-order chi connectivity index (χ1) is 10.3. The first-order valence-corrected chi connectivity index (χ1v) is 7.95. The number of amides is 1. The molecule has 1 aromatic rings. The Kier molecular flexibility index (Phi) is 5.11. The van der Waals surface area contributed by atoms with Crippen LogP contribution in [0.2, 0.25) is 0 Å². The van der Waals surface area contributed by atoms with Crippen molar-refractivity contribution in [2.24, 2.45) is 7.05 Å². The second kappa shape index (κ2) is 6.69. The smallest absolute Gasteiger partial charge is 0.410 e. The Labute approximate surface area is 132 Å². The first kappa shape index (κ1) is 16.8. The summed E-state index contributed by atoms with van der Waals surface area (Å²) in [7, 11) is 1.96. The molecule has 0 aromatic carbocycles. The summed E-state index contributed by atoms with van der Waals surface area (Å²) in [6, 6.07) is 0.443. The second-order valence-corrected chi connectivity index (χ2v) is 7.00. The van der Waals surface area contributed by atoms with Crippen LogP contribution < -0.4 is 5.32 Å². The molecule has 0 bridgehead atoms. The van der Waals surface area contributed by atoms with Crippen molar-refractivity contribution in [2.45, 2.75) is 58.7 Å². The number of likely N-dealkylation sites (tertiary alicyclic amines) is 1. The minimum atomic E-state index is -0.427. The predicted molar refractivity (Wildman–Crippen MR) is 85.6 cm³/mol. The van der Waals surface area contributed by atoms with Gasteiger partial charge in [0.25, 0.3) is 0 Å². The average molecular weight is 308 g/mol. The third-order valence-electron chi connectivity index (χ3n) is 4.06. The fourth-order valence-electron chi connectivity index (χ4n) is 2.56. The number of aryl methyl sites for hydroxylation is 1. The van der Waals surface area contributed by atoms with Gasteiger partial charge < -0.3 is 15.0 Å². The lowest BCUT2D eigenvalue weighted by molar-refractivity contribution is 0.0198. The fraction of sp³-hybridized carbons (Fsp3) is 0.750. The highest BCUT2D eigenvalue weighted by Crippen LogP contribution is 2.16. The van der Waals surface area contributed by atoms with Crippen LogP contribution in [0.15, 0.2) is 6.20 Å². The standard InChI is InChI=1S/C16H28N4O2/c1-12-13(11-18-19(12)5)10-17-14-6-8-20(9-7-14)15(21)22-16(2,3)4/h11,14,17H,6-10H2,1-5H3. The van der Waals surface area contributed by atoms with Crippen LogP contribution in [0.1, 0.15) is 44.9 Å². The molecule has 1 aliphatic heterocycles. The summed E-state index contributed by atoms with van der Waals surface area (Å²) in [5.74, 6) is 0. The van der Waals surface area contributed by atoms with Crippen LogP contribution in [0.5, 0.6) is 0 Å². The maximum Gasteiger partial charge on any atom is 0.410 e. The summed E-state index contributed by atoms with van der Waals surface area (Å²) >= 11 is 0. The van der Waals surface area contributed by atoms with Crippen molar-refractivity contribution in [3.8, 4) is 0 Å². The van der Waals surface area contributed by atoms with Gasteiger partial charge in [-0.3, -0.25) is 4.68 Å². The molecule has 0 atom stereocenters. The zero-order chi connectivity index (χ0) is 16.3. The molecule has 0 aliphatic carbocycles. The van der Waals surface area contributed by atoms with Crippen LogP contribution in [0.3, 0.4) is 0 Å². The Morgan fingerprint density at radius 3 is 2.55 bits per heavy atom. The van der Waals surface area contributed by atoms with Crippen molar-refractivity contribution >= 4 is 6.09 Å². The van der Waals surface area contributed by atoms with Crippen molar-refractivity contribution in [1.29, 1.82) is 0 Å². The van der Waals surface area contributed by atoms with E-state index in [0.717, 1.165) is 32.5 Å². The van der Waals surface area contributed by atoms with Gasteiger partial charge in [0.15, 0.2) is 0 Å². The van der Waals surface area contributed by atoms with Crippen molar-refractivity contribution in [3.63, 3.8) is 0 Å². The van der Waals surface area contributed by atoms with E-state index in [-0.39, 0.29) is 6.09 Å². The van der Waals surface area contributed by atoms with Gasteiger partial charge in [0.05, 0.1) is 6.20 Å². The van der Waals surface area contributed by atoms with Crippen LogP contribution in [-0.4, -0.2) is 45.5 Å². The topological polar surface area (TPSA) is 59.4 Å². The molecule has 1 amide bonds. The predicted octanol–water partition coefficient (Wildman–Crippen LogP) is 2.22. The number of hydrogen-bond acceptors (Lipinski definition) is 4. The summed E-state index contributed by atoms with van der Waals surface area (Å²) in [4.78, 5) is 13.8. The van der Waals surface area contributed by atoms with Gasteiger partial charge in [-0.1, -0.05) is 0 Å². The number of hydrogen-bond donors (Lipinski definition) is 1. The van der Waals surface area contributed by atoms with Crippen LogP contribution >= 0.6 is 0 Å². The molecule has 0 spiro atoms. The molecular weight excluding hydrogens is 280 g/mol. The van der Waals surface area contributed by atoms with Gasteiger partial charge in [-0.15, -0.1) is 0 Å². The van der Waals surface area contributed by atoms with E-state index in [1.165, 1.54) is 11.3 Å². The number of piperidine rings is 1. The highest BCUT2D eigenvalue weighted by Gasteiger charge is 2.26. The second-order valence-electron chi connectivity index (χ2n) is 7.00. The molecular formula is C16H28N4O2. The van der Waals surface area contributed by atoms with Crippen molar-refractivity contribution < 1.29 is 9.53 Å². The van der Waals surface area contributed by atoms with E-state index < -0.39 is 5.60 Å². The molecule has 6 nitrogen and oxygen atoms in total. The molecule has 1 fully saturated rings. The molecule has 1 N–H and O–H groups in total. The number of carbonyl (C=O) groups excluding carboxylic acids is 1. The Bertz CT molecular complexity index is 511. The molecule has 124 valence electrons. The van der Waals surface area contributed by atoms with E-state index in [2.05, 4.69) is 17.3 Å². The fourth-order valence-corrected chi connectivity index (χ4v) is 2.56. The van der Waals surface area contributed by atoms with E-state index >= 15 is 0 Å². The normalized spacial score (nSPS) is 16.9. The molecule has 22 heavy (non-hydrogen) atoms. The highest BCUT2D eigenvalue weighted by molar-refractivity contribution is 5.68. The molecule has 0 saturated carbocycles. The van der Waals surface area contributed by atoms with Gasteiger partial charge in [-0.25, -0.2) is 4.79 Å². The van der Waals surface area contributed by atoms with E-state index in [0.29, 0.717) is 6.04 Å². The Morgan fingerprint density at radius 2 is 2.05 bits per heavy atom. The monoisotopic (exact) mass is 308 g/mol. The van der Waals surface area contributed by atoms with Crippen LogP contribution in [0.4, 0.5) is 4.79 Å². The molecule has 0 unspecified atom stereocenters. The third kappa shape index (κ3) is 4.47. The number of ether oxygens (including phenoxy) is 1. The Balaban J connectivity index is 1.75. The molecule has 0 radical (unpaired) electrons. The maximum absolute atomic E-state index is 12.0. The first-order valence-electron chi connectivity index (χ1n) is 7.95. The van der Waals surface area contributed by atoms with Gasteiger partial charge in [-0.2, -0.15) is 5.10 Å². The van der Waals surface area contributed by atoms with Crippen LogP contribution in [0.25, 0.3) is 0 Å². The van der Waals surface area contributed by atoms with E-state index in [1.807, 2.05) is 38.7 Å². The summed E-state index contributed by atoms with van der Waals surface area (Å²) in [6.45, 7) is 10.1. The molecule has 1 saturated heterocycles. The molecule has 2 heterocycles. The number of nitrogens with zero attached hydrogens (tertiary/aromatic N) is 3. The van der Waals surface area contributed by atoms with Crippen molar-refractivity contribution in [3.05, 3.63) is 17.5 Å². The SMILES string of the molecule is Cc1c(CNC2CCN(C(=O)OC(C)(C)C)CC2)cnn1C. The Morgan fingerprint density at radius 1 is 1.41 bits per heavy atom. The average Bonchev–Trinajstić information content (AvgIpc) is 2.75. The maximum atomic E-state index is 12.0. The van der Waals surface area contributed by atoms with Crippen molar-refractivity contribution in [1.82, 2.24) is 20.0 Å². The quantitative estimate of drug-likeness (QED) is 0.930. The molecule has 6 heteroatoms. The Hall–Kier alpha value is -1.56. The van der Waals surface area contributed by atoms with E-state index in [1.54, 1.807) is 4.90 Å². The third-order valence-corrected chi connectivity index (χ3v) is 4.06. The minimum absolute atomic E-state index is 0.200. The highest BCUT2D eigenvalue weighted by atomic mass is 16.6. The van der Waals surface area contributed by atoms with Gasteiger partial charge >= 0.3 is 6.09 Å². The summed E-state index contributed by atoms with van der Waals surface area (Å²) in [5.41, 5.74) is 2.00. The van der Waals surface area contributed by atoms with Gasteiger partial charge in [-0.05, 0) is 40.5 Å². The van der Waals surface area contributed by atoms with Gasteiger partial charge in [0, 0.05) is 44.0 Å². The number of rotatable bonds is 3. The summed E-state index contributed by atoms with van der Waals surface area (Å²) < 4.78 is 7.31.